The number of ether oxygens (including phenoxy) is 2. The number of anilines is 2. The van der Waals surface area contributed by atoms with Crippen LogP contribution in [-0.2, 0) is 4.74 Å². The molecule has 0 atom stereocenters. The molecule has 0 aliphatic rings. The van der Waals surface area contributed by atoms with Crippen LogP contribution in [-0.4, -0.2) is 28.6 Å². The topological polar surface area (TPSA) is 73.3 Å². The summed E-state index contributed by atoms with van der Waals surface area (Å²) in [5, 5.41) is 4.16. The van der Waals surface area contributed by atoms with Crippen LogP contribution in [0.1, 0.15) is 48.8 Å². The molecule has 0 radical (unpaired) electrons. The maximum Gasteiger partial charge on any atom is 0.348 e. The molecule has 6 nitrogen and oxygen atoms in total. The van der Waals surface area contributed by atoms with Crippen LogP contribution in [0, 0.1) is 6.92 Å². The van der Waals surface area contributed by atoms with Crippen molar-refractivity contribution in [2.45, 2.75) is 46.6 Å². The third-order valence-corrected chi connectivity index (χ3v) is 5.32. The van der Waals surface area contributed by atoms with Crippen molar-refractivity contribution in [3.63, 3.8) is 0 Å². The number of carbonyl (C=O) groups excluding carboxylic acids is 1. The molecular weight excluding hydrogens is 374 g/mol. The van der Waals surface area contributed by atoms with Crippen molar-refractivity contribution < 1.29 is 14.3 Å². The molecule has 0 aliphatic carbocycles. The van der Waals surface area contributed by atoms with Crippen molar-refractivity contribution in [2.75, 3.05) is 11.9 Å². The Hall–Kier alpha value is -2.67. The van der Waals surface area contributed by atoms with Crippen LogP contribution in [0.3, 0.4) is 0 Å². The maximum atomic E-state index is 12.4. The smallest absolute Gasteiger partial charge is 0.348 e. The Balaban J connectivity index is 1.83. The standard InChI is InChI=1S/C21H25N3O3S/c1-5-6-11-26-16-9-7-15(8-10-16)24-19-17-14(4)18(21(25)27-13(2)3)28-20(17)23-12-22-19/h7-10,12-13H,5-6,11H2,1-4H3,(H,22,23,24). The van der Waals surface area contributed by atoms with E-state index in [4.69, 9.17) is 9.47 Å². The number of nitrogens with one attached hydrogen (secondary N) is 1. The first-order chi connectivity index (χ1) is 13.5. The third kappa shape index (κ3) is 4.59. The summed E-state index contributed by atoms with van der Waals surface area (Å²) in [6.07, 6.45) is 3.48. The lowest BCUT2D eigenvalue weighted by Gasteiger charge is -2.09. The lowest BCUT2D eigenvalue weighted by atomic mass is 10.2. The molecule has 2 aromatic heterocycles. The van der Waals surface area contributed by atoms with E-state index in [9.17, 15) is 4.79 Å². The Kier molecular flexibility index (Phi) is 6.46. The Bertz CT molecular complexity index is 951. The maximum absolute atomic E-state index is 12.4. The van der Waals surface area contributed by atoms with Crippen molar-refractivity contribution in [2.24, 2.45) is 0 Å². The van der Waals surface area contributed by atoms with Gasteiger partial charge in [-0.25, -0.2) is 14.8 Å². The lowest BCUT2D eigenvalue weighted by Crippen LogP contribution is -2.11. The van der Waals surface area contributed by atoms with Gasteiger partial charge in [0, 0.05) is 5.69 Å². The van der Waals surface area contributed by atoms with E-state index in [1.54, 1.807) is 0 Å². The third-order valence-electron chi connectivity index (χ3n) is 4.14. The molecular formula is C21H25N3O3S. The molecule has 148 valence electrons. The summed E-state index contributed by atoms with van der Waals surface area (Å²) in [5.74, 6) is 1.19. The van der Waals surface area contributed by atoms with Gasteiger partial charge in [0.25, 0.3) is 0 Å². The molecule has 2 heterocycles. The molecule has 3 rings (SSSR count). The fourth-order valence-electron chi connectivity index (χ4n) is 2.73. The van der Waals surface area contributed by atoms with E-state index in [0.29, 0.717) is 10.7 Å². The van der Waals surface area contributed by atoms with Crippen molar-refractivity contribution in [1.29, 1.82) is 0 Å². The minimum Gasteiger partial charge on any atom is -0.494 e. The van der Waals surface area contributed by atoms with Gasteiger partial charge in [-0.1, -0.05) is 13.3 Å². The van der Waals surface area contributed by atoms with E-state index in [0.717, 1.165) is 46.7 Å². The Morgan fingerprint density at radius 1 is 1.21 bits per heavy atom. The fourth-order valence-corrected chi connectivity index (χ4v) is 3.77. The van der Waals surface area contributed by atoms with E-state index in [2.05, 4.69) is 22.2 Å². The molecule has 0 fully saturated rings. The number of rotatable bonds is 8. The van der Waals surface area contributed by atoms with Gasteiger partial charge in [0.2, 0.25) is 0 Å². The van der Waals surface area contributed by atoms with Crippen LogP contribution in [0.2, 0.25) is 0 Å². The summed E-state index contributed by atoms with van der Waals surface area (Å²) in [5.41, 5.74) is 1.72. The van der Waals surface area contributed by atoms with Gasteiger partial charge < -0.3 is 14.8 Å². The predicted octanol–water partition coefficient (Wildman–Crippen LogP) is 5.49. The van der Waals surface area contributed by atoms with Crippen molar-refractivity contribution in [1.82, 2.24) is 9.97 Å². The Morgan fingerprint density at radius 3 is 2.64 bits per heavy atom. The molecule has 0 bridgehead atoms. The summed E-state index contributed by atoms with van der Waals surface area (Å²) in [6.45, 7) is 8.43. The van der Waals surface area contributed by atoms with Crippen molar-refractivity contribution >= 4 is 39.0 Å². The zero-order chi connectivity index (χ0) is 20.1. The highest BCUT2D eigenvalue weighted by Crippen LogP contribution is 2.35. The van der Waals surface area contributed by atoms with E-state index in [-0.39, 0.29) is 12.1 Å². The first kappa shape index (κ1) is 20.1. The minimum atomic E-state index is -0.324. The van der Waals surface area contributed by atoms with Crippen LogP contribution < -0.4 is 10.1 Å². The van der Waals surface area contributed by atoms with Gasteiger partial charge in [-0.15, -0.1) is 11.3 Å². The van der Waals surface area contributed by atoms with E-state index in [1.165, 1.54) is 17.7 Å². The van der Waals surface area contributed by atoms with Gasteiger partial charge in [0.1, 0.15) is 27.6 Å². The number of unbranched alkanes of at least 4 members (excludes halogenated alkanes) is 1. The monoisotopic (exact) mass is 399 g/mol. The average molecular weight is 400 g/mol. The SMILES string of the molecule is CCCCOc1ccc(Nc2ncnc3sc(C(=O)OC(C)C)c(C)c23)cc1. The second kappa shape index (κ2) is 9.01. The number of aromatic nitrogens is 2. The summed E-state index contributed by atoms with van der Waals surface area (Å²) < 4.78 is 11.0. The van der Waals surface area contributed by atoms with Crippen LogP contribution in [0.5, 0.6) is 5.75 Å². The molecule has 0 unspecified atom stereocenters. The second-order valence-electron chi connectivity index (χ2n) is 6.76. The normalized spacial score (nSPS) is 11.0. The number of benzene rings is 1. The van der Waals surface area contributed by atoms with Crippen molar-refractivity contribution in [3.8, 4) is 5.75 Å². The zero-order valence-electron chi connectivity index (χ0n) is 16.6. The van der Waals surface area contributed by atoms with Crippen LogP contribution in [0.25, 0.3) is 10.2 Å². The van der Waals surface area contributed by atoms with Crippen molar-refractivity contribution in [3.05, 3.63) is 41.0 Å². The molecule has 0 aliphatic heterocycles. The molecule has 1 aromatic carbocycles. The average Bonchev–Trinajstić information content (AvgIpc) is 3.01. The number of thiophene rings is 1. The summed E-state index contributed by atoms with van der Waals surface area (Å²) >= 11 is 1.33. The van der Waals surface area contributed by atoms with Crippen LogP contribution in [0.15, 0.2) is 30.6 Å². The first-order valence-electron chi connectivity index (χ1n) is 9.44. The van der Waals surface area contributed by atoms with E-state index >= 15 is 0 Å². The van der Waals surface area contributed by atoms with E-state index in [1.807, 2.05) is 45.0 Å². The summed E-state index contributed by atoms with van der Waals surface area (Å²) in [6, 6.07) is 7.76. The highest BCUT2D eigenvalue weighted by Gasteiger charge is 2.21. The highest BCUT2D eigenvalue weighted by atomic mass is 32.1. The highest BCUT2D eigenvalue weighted by molar-refractivity contribution is 7.20. The number of hydrogen-bond acceptors (Lipinski definition) is 7. The van der Waals surface area contributed by atoms with Gasteiger partial charge in [0.05, 0.1) is 18.1 Å². The number of hydrogen-bond donors (Lipinski definition) is 1. The number of nitrogens with zero attached hydrogens (tertiary/aromatic N) is 2. The summed E-state index contributed by atoms with van der Waals surface area (Å²) in [7, 11) is 0. The Labute approximate surface area is 168 Å². The van der Waals surface area contributed by atoms with Gasteiger partial charge in [-0.2, -0.15) is 0 Å². The molecule has 28 heavy (non-hydrogen) atoms. The van der Waals surface area contributed by atoms with Crippen LogP contribution in [0.4, 0.5) is 11.5 Å². The molecule has 7 heteroatoms. The van der Waals surface area contributed by atoms with Crippen LogP contribution >= 0.6 is 11.3 Å². The van der Waals surface area contributed by atoms with Gasteiger partial charge in [0.15, 0.2) is 0 Å². The number of esters is 1. The minimum absolute atomic E-state index is 0.168. The first-order valence-corrected chi connectivity index (χ1v) is 10.3. The number of aryl methyl sites for hydroxylation is 1. The molecule has 0 saturated carbocycles. The summed E-state index contributed by atoms with van der Waals surface area (Å²) in [4.78, 5) is 22.4. The number of carbonyl (C=O) groups is 1. The molecule has 3 aromatic rings. The molecule has 0 saturated heterocycles. The molecule has 0 spiro atoms. The van der Waals surface area contributed by atoms with E-state index < -0.39 is 0 Å². The predicted molar refractivity (Wildman–Crippen MR) is 113 cm³/mol. The van der Waals surface area contributed by atoms with Gasteiger partial charge in [-0.3, -0.25) is 0 Å². The number of fused-ring (bicyclic) bond motifs is 1. The van der Waals surface area contributed by atoms with Gasteiger partial charge in [-0.05, 0) is 57.0 Å². The lowest BCUT2D eigenvalue weighted by molar-refractivity contribution is 0.0383. The Morgan fingerprint density at radius 2 is 1.96 bits per heavy atom. The largest absolute Gasteiger partial charge is 0.494 e. The quantitative estimate of drug-likeness (QED) is 0.399. The second-order valence-corrected chi connectivity index (χ2v) is 7.76. The molecule has 0 amide bonds. The van der Waals surface area contributed by atoms with Gasteiger partial charge >= 0.3 is 5.97 Å². The fraction of sp³-hybridized carbons (Fsp3) is 0.381. The zero-order valence-corrected chi connectivity index (χ0v) is 17.4. The molecule has 1 N–H and O–H groups in total.